The Labute approximate surface area is 185 Å². The average molecular weight is 438 g/mol. The molecule has 4 rings (SSSR count). The lowest BCUT2D eigenvalue weighted by Gasteiger charge is -2.32. The van der Waals surface area contributed by atoms with Crippen LogP contribution >= 0.6 is 0 Å². The fourth-order valence-corrected chi connectivity index (χ4v) is 4.00. The summed E-state index contributed by atoms with van der Waals surface area (Å²) in [6.07, 6.45) is 4.03. The maximum absolute atomic E-state index is 12.6. The predicted octanol–water partition coefficient (Wildman–Crippen LogP) is 1.64. The monoisotopic (exact) mass is 438 g/mol. The highest BCUT2D eigenvalue weighted by Gasteiger charge is 2.27. The normalized spacial score (nSPS) is 16.7. The van der Waals surface area contributed by atoms with Gasteiger partial charge in [-0.2, -0.15) is 5.10 Å². The summed E-state index contributed by atoms with van der Waals surface area (Å²) in [6.45, 7) is 1.70. The van der Waals surface area contributed by atoms with E-state index < -0.39 is 5.97 Å². The Morgan fingerprint density at radius 2 is 1.75 bits per heavy atom. The molecule has 0 saturated carbocycles. The number of benzene rings is 1. The SMILES string of the molecule is COC(=O)c1cn(C2CCN(C(=O)CCC(=O)N3CCC(c4ccccc4)=N3)CC2)nn1. The fraction of sp³-hybridized carbons (Fsp3) is 0.455. The first-order valence-electron chi connectivity index (χ1n) is 10.8. The summed E-state index contributed by atoms with van der Waals surface area (Å²) in [5.41, 5.74) is 2.09. The van der Waals surface area contributed by atoms with E-state index in [0.29, 0.717) is 32.5 Å². The second-order valence-corrected chi connectivity index (χ2v) is 7.87. The van der Waals surface area contributed by atoms with Gasteiger partial charge in [0, 0.05) is 32.4 Å². The predicted molar refractivity (Wildman–Crippen MR) is 115 cm³/mol. The van der Waals surface area contributed by atoms with Crippen molar-refractivity contribution in [3.05, 3.63) is 47.8 Å². The molecule has 2 aliphatic heterocycles. The number of hydrogen-bond donors (Lipinski definition) is 0. The molecule has 1 aromatic heterocycles. The number of likely N-dealkylation sites (tertiary alicyclic amines) is 1. The largest absolute Gasteiger partial charge is 0.464 e. The zero-order chi connectivity index (χ0) is 22.5. The van der Waals surface area contributed by atoms with Crippen LogP contribution in [0, 0.1) is 0 Å². The molecule has 0 unspecified atom stereocenters. The Hall–Kier alpha value is -3.56. The number of carbonyl (C=O) groups is 3. The first kappa shape index (κ1) is 21.7. The highest BCUT2D eigenvalue weighted by molar-refractivity contribution is 6.02. The second kappa shape index (κ2) is 9.71. The van der Waals surface area contributed by atoms with Gasteiger partial charge in [-0.1, -0.05) is 35.5 Å². The Morgan fingerprint density at radius 1 is 1.03 bits per heavy atom. The van der Waals surface area contributed by atoms with Crippen LogP contribution in [0.3, 0.4) is 0 Å². The lowest BCUT2D eigenvalue weighted by Crippen LogP contribution is -2.39. The van der Waals surface area contributed by atoms with Crippen molar-refractivity contribution < 1.29 is 19.1 Å². The van der Waals surface area contributed by atoms with Gasteiger partial charge in [-0.05, 0) is 18.4 Å². The van der Waals surface area contributed by atoms with Gasteiger partial charge in [0.2, 0.25) is 11.8 Å². The molecular formula is C22H26N6O4. The van der Waals surface area contributed by atoms with E-state index >= 15 is 0 Å². The summed E-state index contributed by atoms with van der Waals surface area (Å²) >= 11 is 0. The Balaban J connectivity index is 1.23. The van der Waals surface area contributed by atoms with E-state index in [1.54, 1.807) is 15.8 Å². The van der Waals surface area contributed by atoms with Gasteiger partial charge in [-0.3, -0.25) is 9.59 Å². The molecule has 2 aliphatic rings. The lowest BCUT2D eigenvalue weighted by atomic mass is 10.0. The number of rotatable bonds is 6. The number of piperidine rings is 1. The van der Waals surface area contributed by atoms with E-state index in [4.69, 9.17) is 0 Å². The molecule has 0 N–H and O–H groups in total. The number of methoxy groups -OCH3 is 1. The topological polar surface area (TPSA) is 110 Å². The van der Waals surface area contributed by atoms with Crippen molar-refractivity contribution in [1.82, 2.24) is 24.9 Å². The molecule has 10 nitrogen and oxygen atoms in total. The quantitative estimate of drug-likeness (QED) is 0.634. The first-order valence-corrected chi connectivity index (χ1v) is 10.8. The Kier molecular flexibility index (Phi) is 6.58. The van der Waals surface area contributed by atoms with Crippen LogP contribution < -0.4 is 0 Å². The van der Waals surface area contributed by atoms with Crippen molar-refractivity contribution >= 4 is 23.5 Å². The number of esters is 1. The number of aromatic nitrogens is 3. The van der Waals surface area contributed by atoms with Gasteiger partial charge in [0.25, 0.3) is 0 Å². The first-order chi connectivity index (χ1) is 15.5. The molecule has 2 amide bonds. The van der Waals surface area contributed by atoms with Gasteiger partial charge in [0.15, 0.2) is 5.69 Å². The lowest BCUT2D eigenvalue weighted by molar-refractivity contribution is -0.137. The van der Waals surface area contributed by atoms with Crippen LogP contribution in [0.5, 0.6) is 0 Å². The number of hydrogen-bond acceptors (Lipinski definition) is 7. The minimum atomic E-state index is -0.522. The maximum atomic E-state index is 12.6. The number of nitrogens with zero attached hydrogens (tertiary/aromatic N) is 6. The summed E-state index contributed by atoms with van der Waals surface area (Å²) in [5, 5.41) is 13.8. The fourth-order valence-electron chi connectivity index (χ4n) is 4.00. The van der Waals surface area contributed by atoms with Crippen LogP contribution in [0.4, 0.5) is 0 Å². The molecule has 0 radical (unpaired) electrons. The van der Waals surface area contributed by atoms with Crippen LogP contribution in [-0.2, 0) is 14.3 Å². The van der Waals surface area contributed by atoms with Crippen molar-refractivity contribution in [2.24, 2.45) is 5.10 Å². The van der Waals surface area contributed by atoms with E-state index in [1.165, 1.54) is 12.1 Å². The summed E-state index contributed by atoms with van der Waals surface area (Å²) in [5.74, 6) is -0.680. The molecule has 10 heteroatoms. The summed E-state index contributed by atoms with van der Waals surface area (Å²) in [4.78, 5) is 38.4. The highest BCUT2D eigenvalue weighted by Crippen LogP contribution is 2.23. The standard InChI is InChI=1S/C22H26N6O4/c1-32-22(31)19-15-28(25-23-19)17-9-12-26(13-10-17)20(29)7-8-21(30)27-14-11-18(24-27)16-5-3-2-4-6-16/h2-6,15,17H,7-14H2,1H3. The van der Waals surface area contributed by atoms with Crippen molar-refractivity contribution in [2.75, 3.05) is 26.7 Å². The van der Waals surface area contributed by atoms with Gasteiger partial charge in [0.1, 0.15) is 0 Å². The van der Waals surface area contributed by atoms with Crippen molar-refractivity contribution in [2.45, 2.75) is 38.1 Å². The van der Waals surface area contributed by atoms with Crippen LogP contribution in [0.2, 0.25) is 0 Å². The molecule has 1 saturated heterocycles. The average Bonchev–Trinajstić information content (AvgIpc) is 3.53. The van der Waals surface area contributed by atoms with Crippen molar-refractivity contribution in [3.63, 3.8) is 0 Å². The van der Waals surface area contributed by atoms with E-state index in [2.05, 4.69) is 20.2 Å². The number of amides is 2. The van der Waals surface area contributed by atoms with E-state index in [-0.39, 0.29) is 36.4 Å². The third kappa shape index (κ3) is 4.84. The third-order valence-corrected chi connectivity index (χ3v) is 5.85. The molecular weight excluding hydrogens is 412 g/mol. The van der Waals surface area contributed by atoms with E-state index in [0.717, 1.165) is 17.7 Å². The molecule has 0 atom stereocenters. The van der Waals surface area contributed by atoms with E-state index in [1.807, 2.05) is 30.3 Å². The molecule has 0 aliphatic carbocycles. The van der Waals surface area contributed by atoms with Crippen molar-refractivity contribution in [3.8, 4) is 0 Å². The molecule has 168 valence electrons. The summed E-state index contributed by atoms with van der Waals surface area (Å²) < 4.78 is 6.31. The van der Waals surface area contributed by atoms with Gasteiger partial charge >= 0.3 is 5.97 Å². The van der Waals surface area contributed by atoms with Crippen molar-refractivity contribution in [1.29, 1.82) is 0 Å². The minimum Gasteiger partial charge on any atom is -0.464 e. The van der Waals surface area contributed by atoms with Crippen LogP contribution in [0.15, 0.2) is 41.6 Å². The van der Waals surface area contributed by atoms with Gasteiger partial charge in [-0.15, -0.1) is 5.10 Å². The maximum Gasteiger partial charge on any atom is 0.360 e. The third-order valence-electron chi connectivity index (χ3n) is 5.85. The van der Waals surface area contributed by atoms with Crippen LogP contribution in [-0.4, -0.2) is 75.1 Å². The number of carbonyl (C=O) groups excluding carboxylic acids is 3. The smallest absolute Gasteiger partial charge is 0.360 e. The number of ether oxygens (including phenoxy) is 1. The zero-order valence-electron chi connectivity index (χ0n) is 18.0. The van der Waals surface area contributed by atoms with Gasteiger partial charge < -0.3 is 9.64 Å². The Morgan fingerprint density at radius 3 is 2.47 bits per heavy atom. The molecule has 3 heterocycles. The summed E-state index contributed by atoms with van der Waals surface area (Å²) in [7, 11) is 1.30. The molecule has 32 heavy (non-hydrogen) atoms. The summed E-state index contributed by atoms with van der Waals surface area (Å²) in [6, 6.07) is 9.88. The Bertz CT molecular complexity index is 1010. The molecule has 0 bridgehead atoms. The van der Waals surface area contributed by atoms with E-state index in [9.17, 15) is 14.4 Å². The molecule has 1 aromatic carbocycles. The minimum absolute atomic E-state index is 0.0305. The zero-order valence-corrected chi connectivity index (χ0v) is 18.0. The van der Waals surface area contributed by atoms with Gasteiger partial charge in [0.05, 0.1) is 31.6 Å². The van der Waals surface area contributed by atoms with Crippen LogP contribution in [0.25, 0.3) is 0 Å². The van der Waals surface area contributed by atoms with Gasteiger partial charge in [-0.25, -0.2) is 14.5 Å². The second-order valence-electron chi connectivity index (χ2n) is 7.87. The molecule has 0 spiro atoms. The molecule has 2 aromatic rings. The highest BCUT2D eigenvalue weighted by atomic mass is 16.5. The number of hydrazone groups is 1. The van der Waals surface area contributed by atoms with Crippen LogP contribution in [0.1, 0.15) is 54.2 Å². The molecule has 1 fully saturated rings.